The van der Waals surface area contributed by atoms with E-state index in [9.17, 15) is 14.7 Å². The van der Waals surface area contributed by atoms with Gasteiger partial charge in [-0.1, -0.05) is 36.4 Å². The smallest absolute Gasteiger partial charge is 0.314 e. The number of oxazole rings is 1. The molecule has 1 unspecified atom stereocenters. The zero-order valence-electron chi connectivity index (χ0n) is 18.4. The minimum absolute atomic E-state index is 0.0916. The quantitative estimate of drug-likeness (QED) is 0.274. The van der Waals surface area contributed by atoms with E-state index in [0.717, 1.165) is 5.56 Å². The van der Waals surface area contributed by atoms with Crippen LogP contribution in [0.3, 0.4) is 0 Å². The number of pyridine rings is 1. The van der Waals surface area contributed by atoms with Crippen molar-refractivity contribution in [3.05, 3.63) is 96.1 Å². The van der Waals surface area contributed by atoms with Crippen LogP contribution < -0.4 is 9.47 Å². The molecule has 0 bridgehead atoms. The second-order valence-electron chi connectivity index (χ2n) is 7.46. The predicted molar refractivity (Wildman–Crippen MR) is 123 cm³/mol. The van der Waals surface area contributed by atoms with Gasteiger partial charge in [-0.3, -0.25) is 14.6 Å². The molecule has 1 atom stereocenters. The summed E-state index contributed by atoms with van der Waals surface area (Å²) in [7, 11) is 1.55. The molecule has 2 aromatic carbocycles. The Morgan fingerprint density at radius 3 is 2.53 bits per heavy atom. The fourth-order valence-electron chi connectivity index (χ4n) is 3.38. The Bertz CT molecular complexity index is 1270. The number of ether oxygens (including phenoxy) is 2. The summed E-state index contributed by atoms with van der Waals surface area (Å²) < 4.78 is 16.9. The van der Waals surface area contributed by atoms with E-state index in [2.05, 4.69) is 9.97 Å². The van der Waals surface area contributed by atoms with Crippen LogP contribution in [0.4, 0.5) is 0 Å². The Morgan fingerprint density at radius 2 is 1.82 bits per heavy atom. The van der Waals surface area contributed by atoms with Crippen LogP contribution in [0.25, 0.3) is 11.5 Å². The first-order chi connectivity index (χ1) is 16.5. The number of carbonyl (C=O) groups excluding carboxylic acids is 1. The van der Waals surface area contributed by atoms with Crippen molar-refractivity contribution in [3.8, 4) is 23.0 Å². The number of nitrogens with zero attached hydrogens (tertiary/aromatic N) is 2. The van der Waals surface area contributed by atoms with Crippen molar-refractivity contribution in [2.75, 3.05) is 7.11 Å². The van der Waals surface area contributed by atoms with E-state index in [-0.39, 0.29) is 18.0 Å². The molecule has 0 fully saturated rings. The van der Waals surface area contributed by atoms with Gasteiger partial charge in [0.1, 0.15) is 24.5 Å². The van der Waals surface area contributed by atoms with Crippen LogP contribution in [0.5, 0.6) is 11.5 Å². The lowest BCUT2D eigenvalue weighted by Gasteiger charge is -2.11. The molecule has 4 rings (SSSR count). The highest BCUT2D eigenvalue weighted by atomic mass is 16.5. The van der Waals surface area contributed by atoms with E-state index in [4.69, 9.17) is 13.9 Å². The minimum atomic E-state index is -1.33. The molecule has 0 aliphatic carbocycles. The van der Waals surface area contributed by atoms with Gasteiger partial charge in [0.05, 0.1) is 12.8 Å². The number of Topliss-reactive ketones (excluding diaryl/α,β-unsaturated/α-hetero) is 1. The fraction of sp³-hybridized carbons (Fsp3) is 0.154. The average Bonchev–Trinajstić information content (AvgIpc) is 3.35. The van der Waals surface area contributed by atoms with Gasteiger partial charge in [-0.2, -0.15) is 0 Å². The summed E-state index contributed by atoms with van der Waals surface area (Å²) in [5.74, 6) is -1.82. The number of hydrogen-bond acceptors (Lipinski definition) is 7. The summed E-state index contributed by atoms with van der Waals surface area (Å²) in [5.41, 5.74) is 2.06. The maximum atomic E-state index is 12.6. The zero-order valence-corrected chi connectivity index (χ0v) is 18.4. The first-order valence-electron chi connectivity index (χ1n) is 10.5. The van der Waals surface area contributed by atoms with Crippen molar-refractivity contribution >= 4 is 11.8 Å². The molecule has 0 spiro atoms. The van der Waals surface area contributed by atoms with Gasteiger partial charge in [-0.05, 0) is 35.9 Å². The van der Waals surface area contributed by atoms with Gasteiger partial charge < -0.3 is 19.0 Å². The maximum Gasteiger partial charge on any atom is 0.314 e. The number of methoxy groups -OCH3 is 1. The first-order valence-corrected chi connectivity index (χ1v) is 10.5. The third kappa shape index (κ3) is 5.29. The number of benzene rings is 2. The van der Waals surface area contributed by atoms with Crippen molar-refractivity contribution in [2.45, 2.75) is 13.0 Å². The van der Waals surface area contributed by atoms with E-state index < -0.39 is 17.7 Å². The number of aliphatic carboxylic acids is 1. The van der Waals surface area contributed by atoms with E-state index in [1.54, 1.807) is 37.4 Å². The number of ketones is 1. The Balaban J connectivity index is 1.52. The highest BCUT2D eigenvalue weighted by Crippen LogP contribution is 2.33. The van der Waals surface area contributed by atoms with Crippen LogP contribution >= 0.6 is 0 Å². The lowest BCUT2D eigenvalue weighted by atomic mass is 9.96. The Hall–Kier alpha value is -4.46. The van der Waals surface area contributed by atoms with Crippen LogP contribution in [0, 0.1) is 5.92 Å². The number of aromatic nitrogens is 2. The van der Waals surface area contributed by atoms with Crippen LogP contribution in [0.1, 0.15) is 21.7 Å². The van der Waals surface area contributed by atoms with Crippen LogP contribution in [-0.2, 0) is 17.8 Å². The molecule has 2 aromatic heterocycles. The molecule has 2 heterocycles. The molecule has 1 N–H and O–H groups in total. The van der Waals surface area contributed by atoms with Gasteiger partial charge in [0.2, 0.25) is 5.89 Å². The molecule has 0 aliphatic rings. The Kier molecular flexibility index (Phi) is 6.98. The lowest BCUT2D eigenvalue weighted by molar-refractivity contribution is -0.139. The number of carbonyl (C=O) groups is 2. The van der Waals surface area contributed by atoms with Crippen molar-refractivity contribution < 1.29 is 28.6 Å². The number of hydrogen-bond donors (Lipinski definition) is 1. The highest BCUT2D eigenvalue weighted by Gasteiger charge is 2.29. The fourth-order valence-corrected chi connectivity index (χ4v) is 3.38. The van der Waals surface area contributed by atoms with Crippen molar-refractivity contribution in [1.29, 1.82) is 0 Å². The summed E-state index contributed by atoms with van der Waals surface area (Å²) >= 11 is 0. The topological polar surface area (TPSA) is 112 Å². The third-order valence-electron chi connectivity index (χ3n) is 5.14. The molecule has 8 heteroatoms. The largest absolute Gasteiger partial charge is 0.493 e. The minimum Gasteiger partial charge on any atom is -0.493 e. The average molecular weight is 458 g/mol. The second-order valence-corrected chi connectivity index (χ2v) is 7.46. The zero-order chi connectivity index (χ0) is 23.9. The summed E-state index contributed by atoms with van der Waals surface area (Å²) in [6.45, 7) is 0.355. The van der Waals surface area contributed by atoms with Gasteiger partial charge >= 0.3 is 5.97 Å². The normalized spacial score (nSPS) is 11.6. The summed E-state index contributed by atoms with van der Waals surface area (Å²) in [6.07, 6.45) is 2.68. The molecular formula is C26H22N2O6. The van der Waals surface area contributed by atoms with E-state index >= 15 is 0 Å². The van der Waals surface area contributed by atoms with Gasteiger partial charge in [0.25, 0.3) is 0 Å². The molecule has 0 radical (unpaired) electrons. The Labute approximate surface area is 195 Å². The van der Waals surface area contributed by atoms with Crippen LogP contribution in [0.15, 0.2) is 83.6 Å². The van der Waals surface area contributed by atoms with E-state index in [1.807, 2.05) is 30.3 Å². The SMILES string of the molecule is COc1ccc(-c2nc(CC(C(=O)O)C(=O)c3ccccn3)co2)cc1OCc1ccccc1. The monoisotopic (exact) mass is 458 g/mol. The molecule has 4 aromatic rings. The van der Waals surface area contributed by atoms with Gasteiger partial charge in [-0.15, -0.1) is 0 Å². The molecule has 0 saturated heterocycles. The van der Waals surface area contributed by atoms with Crippen LogP contribution in [-0.4, -0.2) is 33.9 Å². The van der Waals surface area contributed by atoms with Gasteiger partial charge in [0.15, 0.2) is 17.3 Å². The molecule has 34 heavy (non-hydrogen) atoms. The van der Waals surface area contributed by atoms with Crippen molar-refractivity contribution in [1.82, 2.24) is 9.97 Å². The van der Waals surface area contributed by atoms with Gasteiger partial charge in [0, 0.05) is 18.2 Å². The van der Waals surface area contributed by atoms with Crippen molar-refractivity contribution in [2.24, 2.45) is 5.92 Å². The first kappa shape index (κ1) is 22.7. The maximum absolute atomic E-state index is 12.6. The summed E-state index contributed by atoms with van der Waals surface area (Å²) in [5, 5.41) is 9.60. The Morgan fingerprint density at radius 1 is 1.03 bits per heavy atom. The highest BCUT2D eigenvalue weighted by molar-refractivity contribution is 6.07. The summed E-state index contributed by atoms with van der Waals surface area (Å²) in [4.78, 5) is 32.8. The molecule has 172 valence electrons. The second kappa shape index (κ2) is 10.4. The predicted octanol–water partition coefficient (Wildman–Crippen LogP) is 4.45. The third-order valence-corrected chi connectivity index (χ3v) is 5.14. The van der Waals surface area contributed by atoms with Gasteiger partial charge in [-0.25, -0.2) is 4.98 Å². The van der Waals surface area contributed by atoms with E-state index in [1.165, 1.54) is 18.5 Å². The molecule has 8 nitrogen and oxygen atoms in total. The molecule has 0 amide bonds. The number of carboxylic acid groups (broad SMARTS) is 1. The number of rotatable bonds is 10. The molecule has 0 aliphatic heterocycles. The lowest BCUT2D eigenvalue weighted by Crippen LogP contribution is -2.27. The standard InChI is InChI=1S/C26H22N2O6/c1-32-22-11-10-18(13-23(22)33-15-17-7-3-2-4-8-17)25-28-19(16-34-25)14-20(26(30)31)24(29)21-9-5-6-12-27-21/h2-13,16,20H,14-15H2,1H3,(H,30,31). The van der Waals surface area contributed by atoms with Crippen LogP contribution in [0.2, 0.25) is 0 Å². The van der Waals surface area contributed by atoms with E-state index in [0.29, 0.717) is 29.4 Å². The number of carboxylic acids is 1. The van der Waals surface area contributed by atoms with Crippen molar-refractivity contribution in [3.63, 3.8) is 0 Å². The summed E-state index contributed by atoms with van der Waals surface area (Å²) in [6, 6.07) is 19.7. The molecular weight excluding hydrogens is 436 g/mol. The molecule has 0 saturated carbocycles.